The molecule has 1 saturated heterocycles. The third-order valence-electron chi connectivity index (χ3n) is 4.60. The van der Waals surface area contributed by atoms with E-state index in [2.05, 4.69) is 38.4 Å². The summed E-state index contributed by atoms with van der Waals surface area (Å²) in [6.07, 6.45) is 3.21. The first kappa shape index (κ1) is 18.3. The summed E-state index contributed by atoms with van der Waals surface area (Å²) in [6.45, 7) is 5.84. The van der Waals surface area contributed by atoms with Crippen molar-refractivity contribution in [1.82, 2.24) is 14.9 Å². The van der Waals surface area contributed by atoms with E-state index in [0.29, 0.717) is 12.5 Å². The summed E-state index contributed by atoms with van der Waals surface area (Å²) in [6, 6.07) is 9.75. The third kappa shape index (κ3) is 4.56. The highest BCUT2D eigenvalue weighted by Crippen LogP contribution is 2.23. The molecule has 7 heteroatoms. The average Bonchev–Trinajstić information content (AvgIpc) is 2.69. The summed E-state index contributed by atoms with van der Waals surface area (Å²) < 4.78 is 5.45. The maximum atomic E-state index is 12.5. The fourth-order valence-corrected chi connectivity index (χ4v) is 2.94. The van der Waals surface area contributed by atoms with Gasteiger partial charge in [-0.1, -0.05) is 18.2 Å². The Morgan fingerprint density at radius 2 is 1.92 bits per heavy atom. The summed E-state index contributed by atoms with van der Waals surface area (Å²) in [5.74, 6) is 0.203. The third-order valence-corrected chi connectivity index (χ3v) is 4.60. The number of amides is 1. The Labute approximate surface area is 154 Å². The van der Waals surface area contributed by atoms with Gasteiger partial charge in [-0.15, -0.1) is 0 Å². The summed E-state index contributed by atoms with van der Waals surface area (Å²) >= 11 is 0. The highest BCUT2D eigenvalue weighted by Gasteiger charge is 2.21. The Bertz CT molecular complexity index is 719. The van der Waals surface area contributed by atoms with Gasteiger partial charge in [-0.05, 0) is 31.7 Å². The van der Waals surface area contributed by atoms with Crippen LogP contribution in [0, 0.1) is 0 Å². The van der Waals surface area contributed by atoms with E-state index in [0.717, 1.165) is 26.3 Å². The number of para-hydroxylation sites is 1. The smallest absolute Gasteiger partial charge is 0.243 e. The Kier molecular flexibility index (Phi) is 6.14. The van der Waals surface area contributed by atoms with Crippen molar-refractivity contribution in [2.24, 2.45) is 0 Å². The topological polar surface area (TPSA) is 70.6 Å². The lowest BCUT2D eigenvalue weighted by molar-refractivity contribution is -0.120. The van der Waals surface area contributed by atoms with Crippen molar-refractivity contribution in [2.75, 3.05) is 43.6 Å². The van der Waals surface area contributed by atoms with E-state index in [1.54, 1.807) is 18.5 Å². The fraction of sp³-hybridized carbons (Fsp3) is 0.421. The van der Waals surface area contributed by atoms with Crippen molar-refractivity contribution in [1.29, 1.82) is 0 Å². The molecular weight excluding hydrogens is 330 g/mol. The Morgan fingerprint density at radius 1 is 1.23 bits per heavy atom. The van der Waals surface area contributed by atoms with Crippen LogP contribution < -0.4 is 10.2 Å². The predicted molar refractivity (Wildman–Crippen MR) is 101 cm³/mol. The van der Waals surface area contributed by atoms with E-state index >= 15 is 0 Å². The molecular formula is C19H25N5O2. The number of morpholine rings is 1. The van der Waals surface area contributed by atoms with Gasteiger partial charge in [-0.3, -0.25) is 15.0 Å². The number of benzene rings is 1. The van der Waals surface area contributed by atoms with Gasteiger partial charge < -0.3 is 9.64 Å². The van der Waals surface area contributed by atoms with Crippen molar-refractivity contribution in [3.8, 4) is 0 Å². The molecule has 1 atom stereocenters. The van der Waals surface area contributed by atoms with Crippen LogP contribution in [0.15, 0.2) is 42.7 Å². The van der Waals surface area contributed by atoms with Crippen LogP contribution in [-0.2, 0) is 16.1 Å². The molecule has 7 nitrogen and oxygen atoms in total. The zero-order chi connectivity index (χ0) is 18.4. The quantitative estimate of drug-likeness (QED) is 0.852. The van der Waals surface area contributed by atoms with Crippen LogP contribution in [0.2, 0.25) is 0 Å². The van der Waals surface area contributed by atoms with Crippen molar-refractivity contribution in [3.05, 3.63) is 48.3 Å². The lowest BCUT2D eigenvalue weighted by Crippen LogP contribution is -2.40. The van der Waals surface area contributed by atoms with Crippen molar-refractivity contribution >= 4 is 17.5 Å². The van der Waals surface area contributed by atoms with Gasteiger partial charge in [-0.25, -0.2) is 9.97 Å². The van der Waals surface area contributed by atoms with Crippen LogP contribution in [-0.4, -0.2) is 60.2 Å². The molecule has 0 aliphatic carbocycles. The lowest BCUT2D eigenvalue weighted by atomic mass is 10.1. The van der Waals surface area contributed by atoms with E-state index < -0.39 is 0 Å². The number of likely N-dealkylation sites (N-methyl/N-ethyl adjacent to an activating group) is 1. The van der Waals surface area contributed by atoms with Gasteiger partial charge in [0.25, 0.3) is 0 Å². The first-order chi connectivity index (χ1) is 12.6. The predicted octanol–water partition coefficient (Wildman–Crippen LogP) is 1.77. The Morgan fingerprint density at radius 3 is 2.65 bits per heavy atom. The molecule has 1 amide bonds. The number of aromatic nitrogens is 2. The second-order valence-corrected chi connectivity index (χ2v) is 6.38. The monoisotopic (exact) mass is 355 g/mol. The second-order valence-electron chi connectivity index (χ2n) is 6.38. The molecule has 0 radical (unpaired) electrons. The number of carbonyl (C=O) groups is 1. The molecule has 3 rings (SSSR count). The molecule has 26 heavy (non-hydrogen) atoms. The van der Waals surface area contributed by atoms with E-state index in [9.17, 15) is 4.79 Å². The molecule has 1 aliphatic rings. The van der Waals surface area contributed by atoms with E-state index in [1.165, 1.54) is 11.3 Å². The first-order valence-electron chi connectivity index (χ1n) is 8.84. The number of ether oxygens (including phenoxy) is 1. The van der Waals surface area contributed by atoms with E-state index in [4.69, 9.17) is 4.74 Å². The molecule has 1 aliphatic heterocycles. The summed E-state index contributed by atoms with van der Waals surface area (Å²) in [5, 5.41) is 2.76. The fourth-order valence-electron chi connectivity index (χ4n) is 2.94. The van der Waals surface area contributed by atoms with Gasteiger partial charge >= 0.3 is 0 Å². The summed E-state index contributed by atoms with van der Waals surface area (Å²) in [5.41, 5.74) is 2.41. The largest absolute Gasteiger partial charge is 0.378 e. The average molecular weight is 355 g/mol. The van der Waals surface area contributed by atoms with Crippen molar-refractivity contribution in [3.63, 3.8) is 0 Å². The number of carbonyl (C=O) groups excluding carboxylic acids is 1. The van der Waals surface area contributed by atoms with Gasteiger partial charge in [-0.2, -0.15) is 0 Å². The zero-order valence-corrected chi connectivity index (χ0v) is 15.3. The van der Waals surface area contributed by atoms with Gasteiger partial charge in [0, 0.05) is 37.7 Å². The molecule has 1 aromatic carbocycles. The summed E-state index contributed by atoms with van der Waals surface area (Å²) in [7, 11) is 1.95. The minimum absolute atomic E-state index is 0.123. The highest BCUT2D eigenvalue weighted by molar-refractivity contribution is 5.93. The molecule has 2 heterocycles. The van der Waals surface area contributed by atoms with Crippen LogP contribution in [0.4, 0.5) is 11.6 Å². The van der Waals surface area contributed by atoms with Gasteiger partial charge in [0.2, 0.25) is 11.9 Å². The van der Waals surface area contributed by atoms with Crippen LogP contribution in [0.5, 0.6) is 0 Å². The molecule has 1 aromatic heterocycles. The highest BCUT2D eigenvalue weighted by atomic mass is 16.5. The van der Waals surface area contributed by atoms with Gasteiger partial charge in [0.05, 0.1) is 19.3 Å². The molecule has 1 N–H and O–H groups in total. The van der Waals surface area contributed by atoms with Crippen molar-refractivity contribution in [2.45, 2.75) is 19.5 Å². The Balaban J connectivity index is 1.65. The zero-order valence-electron chi connectivity index (χ0n) is 15.3. The summed E-state index contributed by atoms with van der Waals surface area (Å²) in [4.78, 5) is 24.9. The number of nitrogens with zero attached hydrogens (tertiary/aromatic N) is 4. The first-order valence-corrected chi connectivity index (χ1v) is 8.84. The minimum atomic E-state index is -0.309. The Hall–Kier alpha value is -2.51. The SMILES string of the molecule is CC(C(=O)Nc1ncccn1)N(C)Cc1ccccc1N1CCOCC1. The molecule has 138 valence electrons. The maximum Gasteiger partial charge on any atom is 0.243 e. The second kappa shape index (κ2) is 8.73. The number of nitrogens with one attached hydrogen (secondary N) is 1. The van der Waals surface area contributed by atoms with E-state index in [1.807, 2.05) is 24.9 Å². The molecule has 1 fully saturated rings. The molecule has 0 spiro atoms. The molecule has 2 aromatic rings. The molecule has 0 saturated carbocycles. The van der Waals surface area contributed by atoms with Gasteiger partial charge in [0.15, 0.2) is 0 Å². The van der Waals surface area contributed by atoms with Crippen molar-refractivity contribution < 1.29 is 9.53 Å². The van der Waals surface area contributed by atoms with Gasteiger partial charge in [0.1, 0.15) is 0 Å². The van der Waals surface area contributed by atoms with Crippen LogP contribution in [0.25, 0.3) is 0 Å². The maximum absolute atomic E-state index is 12.5. The molecule has 1 unspecified atom stereocenters. The normalized spacial score (nSPS) is 15.7. The van der Waals surface area contributed by atoms with Crippen LogP contribution >= 0.6 is 0 Å². The number of hydrogen-bond acceptors (Lipinski definition) is 6. The number of rotatable bonds is 6. The number of hydrogen-bond donors (Lipinski definition) is 1. The minimum Gasteiger partial charge on any atom is -0.378 e. The van der Waals surface area contributed by atoms with E-state index in [-0.39, 0.29) is 11.9 Å². The standard InChI is InChI=1S/C19H25N5O2/c1-15(18(25)22-19-20-8-5-9-21-19)23(2)14-16-6-3-4-7-17(16)24-10-12-26-13-11-24/h3-9,15H,10-14H2,1-2H3,(H,20,21,22,25). The van der Waals surface area contributed by atoms with Crippen LogP contribution in [0.3, 0.4) is 0 Å². The lowest BCUT2D eigenvalue weighted by Gasteiger charge is -2.32. The number of anilines is 2. The van der Waals surface area contributed by atoms with Crippen LogP contribution in [0.1, 0.15) is 12.5 Å². The molecule has 0 bridgehead atoms.